The van der Waals surface area contributed by atoms with E-state index in [0.29, 0.717) is 0 Å². The number of hydrogen-bond acceptors (Lipinski definition) is 4. The maximum Gasteiger partial charge on any atom is 0.147 e. The van der Waals surface area contributed by atoms with E-state index in [-0.39, 0.29) is 0 Å². The highest BCUT2D eigenvalue weighted by Crippen LogP contribution is 2.09. The minimum atomic E-state index is 0.732. The van der Waals surface area contributed by atoms with Crippen LogP contribution in [0.2, 0.25) is 0 Å². The van der Waals surface area contributed by atoms with Crippen molar-refractivity contribution in [2.24, 2.45) is 0 Å². The van der Waals surface area contributed by atoms with Gasteiger partial charge in [0.15, 0.2) is 0 Å². The number of nitrogens with zero attached hydrogens (tertiary/aromatic N) is 4. The number of aromatic nitrogens is 4. The van der Waals surface area contributed by atoms with Gasteiger partial charge in [0.2, 0.25) is 0 Å². The van der Waals surface area contributed by atoms with Gasteiger partial charge in [-0.1, -0.05) is 6.92 Å². The van der Waals surface area contributed by atoms with Gasteiger partial charge in [0.05, 0.1) is 6.54 Å². The number of anilines is 1. The summed E-state index contributed by atoms with van der Waals surface area (Å²) in [5.74, 6) is 2.67. The summed E-state index contributed by atoms with van der Waals surface area (Å²) in [5, 5.41) is 7.65. The molecule has 2 aromatic heterocycles. The van der Waals surface area contributed by atoms with Gasteiger partial charge in [-0.05, 0) is 38.0 Å². The zero-order chi connectivity index (χ0) is 13.0. The highest BCUT2D eigenvalue weighted by molar-refractivity contribution is 5.37. The van der Waals surface area contributed by atoms with E-state index in [1.165, 1.54) is 5.56 Å². The van der Waals surface area contributed by atoms with E-state index in [1.54, 1.807) is 0 Å². The quantitative estimate of drug-likeness (QED) is 0.877. The molecule has 2 rings (SSSR count). The Morgan fingerprint density at radius 3 is 2.83 bits per heavy atom. The lowest BCUT2D eigenvalue weighted by molar-refractivity contribution is 0.656. The van der Waals surface area contributed by atoms with Crippen molar-refractivity contribution in [1.29, 1.82) is 0 Å². The molecule has 0 saturated heterocycles. The van der Waals surface area contributed by atoms with Crippen LogP contribution >= 0.6 is 0 Å². The van der Waals surface area contributed by atoms with Crippen molar-refractivity contribution in [2.45, 2.75) is 33.7 Å². The molecule has 0 spiro atoms. The average Bonchev–Trinajstić information content (AvgIpc) is 2.66. The van der Waals surface area contributed by atoms with Crippen LogP contribution in [0, 0.1) is 13.8 Å². The maximum atomic E-state index is 4.36. The Balaban J connectivity index is 2.11. The smallest absolute Gasteiger partial charge is 0.147 e. The molecule has 0 unspecified atom stereocenters. The third kappa shape index (κ3) is 3.06. The van der Waals surface area contributed by atoms with Crippen LogP contribution in [0.4, 0.5) is 5.82 Å². The van der Waals surface area contributed by atoms with Crippen LogP contribution in [-0.4, -0.2) is 26.3 Å². The second-order valence-corrected chi connectivity index (χ2v) is 4.34. The molecule has 18 heavy (non-hydrogen) atoms. The van der Waals surface area contributed by atoms with Gasteiger partial charge in [-0.2, -0.15) is 5.10 Å². The third-order valence-corrected chi connectivity index (χ3v) is 2.68. The molecule has 0 radical (unpaired) electrons. The van der Waals surface area contributed by atoms with E-state index in [0.717, 1.165) is 37.0 Å². The van der Waals surface area contributed by atoms with Gasteiger partial charge in [0.1, 0.15) is 17.5 Å². The second-order valence-electron chi connectivity index (χ2n) is 4.34. The molecule has 5 heteroatoms. The van der Waals surface area contributed by atoms with Crippen molar-refractivity contribution in [3.05, 3.63) is 35.5 Å². The van der Waals surface area contributed by atoms with Gasteiger partial charge in [0.25, 0.3) is 0 Å². The highest BCUT2D eigenvalue weighted by atomic mass is 15.3. The minimum Gasteiger partial charge on any atom is -0.370 e. The monoisotopic (exact) mass is 245 g/mol. The summed E-state index contributed by atoms with van der Waals surface area (Å²) in [7, 11) is 0. The Labute approximate surface area is 107 Å². The summed E-state index contributed by atoms with van der Waals surface area (Å²) in [4.78, 5) is 8.59. The fourth-order valence-electron chi connectivity index (χ4n) is 1.81. The summed E-state index contributed by atoms with van der Waals surface area (Å²) in [5.41, 5.74) is 1.18. The van der Waals surface area contributed by atoms with E-state index in [2.05, 4.69) is 33.4 Å². The molecular formula is C13H19N5. The highest BCUT2D eigenvalue weighted by Gasteiger charge is 2.04. The Kier molecular flexibility index (Phi) is 3.92. The van der Waals surface area contributed by atoms with Crippen molar-refractivity contribution in [2.75, 3.05) is 11.9 Å². The molecule has 2 heterocycles. The molecular weight excluding hydrogens is 226 g/mol. The Morgan fingerprint density at radius 2 is 2.17 bits per heavy atom. The summed E-state index contributed by atoms with van der Waals surface area (Å²) in [6.07, 6.45) is 2.92. The molecule has 5 nitrogen and oxygen atoms in total. The molecule has 96 valence electrons. The molecule has 0 saturated carbocycles. The van der Waals surface area contributed by atoms with Crippen molar-refractivity contribution < 1.29 is 0 Å². The Morgan fingerprint density at radius 1 is 1.33 bits per heavy atom. The van der Waals surface area contributed by atoms with Crippen molar-refractivity contribution in [3.8, 4) is 0 Å². The van der Waals surface area contributed by atoms with Gasteiger partial charge in [0, 0.05) is 12.7 Å². The van der Waals surface area contributed by atoms with Crippen LogP contribution in [0.3, 0.4) is 0 Å². The molecule has 0 amide bonds. The first-order valence-electron chi connectivity index (χ1n) is 6.26. The molecule has 0 bridgehead atoms. The van der Waals surface area contributed by atoms with Crippen molar-refractivity contribution in [1.82, 2.24) is 19.7 Å². The molecule has 0 aliphatic rings. The number of hydrogen-bond donors (Lipinski definition) is 1. The van der Waals surface area contributed by atoms with E-state index in [1.807, 2.05) is 30.8 Å². The van der Waals surface area contributed by atoms with Gasteiger partial charge < -0.3 is 5.32 Å². The molecule has 0 atom stereocenters. The van der Waals surface area contributed by atoms with Crippen LogP contribution in [0.1, 0.15) is 30.6 Å². The van der Waals surface area contributed by atoms with E-state index in [9.17, 15) is 0 Å². The zero-order valence-electron chi connectivity index (χ0n) is 11.1. The van der Waals surface area contributed by atoms with Crippen LogP contribution in [0.5, 0.6) is 0 Å². The largest absolute Gasteiger partial charge is 0.370 e. The molecule has 1 N–H and O–H groups in total. The Hall–Kier alpha value is -1.91. The van der Waals surface area contributed by atoms with Gasteiger partial charge >= 0.3 is 0 Å². The lowest BCUT2D eigenvalue weighted by atomic mass is 10.2. The third-order valence-electron chi connectivity index (χ3n) is 2.68. The number of aryl methyl sites for hydroxylation is 2. The first-order chi connectivity index (χ1) is 8.69. The summed E-state index contributed by atoms with van der Waals surface area (Å²) in [6, 6.07) is 4.07. The van der Waals surface area contributed by atoms with E-state index < -0.39 is 0 Å². The summed E-state index contributed by atoms with van der Waals surface area (Å²) in [6.45, 7) is 7.69. The van der Waals surface area contributed by atoms with Crippen molar-refractivity contribution >= 4 is 5.82 Å². The molecule has 0 aromatic carbocycles. The fourth-order valence-corrected chi connectivity index (χ4v) is 1.81. The van der Waals surface area contributed by atoms with Crippen LogP contribution in [0.25, 0.3) is 0 Å². The summed E-state index contributed by atoms with van der Waals surface area (Å²) < 4.78 is 1.91. The normalized spacial score (nSPS) is 10.6. The lowest BCUT2D eigenvalue weighted by Crippen LogP contribution is -2.06. The van der Waals surface area contributed by atoms with Gasteiger partial charge in [-0.15, -0.1) is 0 Å². The van der Waals surface area contributed by atoms with E-state index >= 15 is 0 Å². The fraction of sp³-hybridized carbons (Fsp3) is 0.462. The van der Waals surface area contributed by atoms with Gasteiger partial charge in [-0.3, -0.25) is 0 Å². The predicted molar refractivity (Wildman–Crippen MR) is 71.6 cm³/mol. The molecule has 0 fully saturated rings. The van der Waals surface area contributed by atoms with Crippen LogP contribution in [0.15, 0.2) is 18.3 Å². The number of pyridine rings is 1. The van der Waals surface area contributed by atoms with Gasteiger partial charge in [-0.25, -0.2) is 14.6 Å². The number of nitrogens with one attached hydrogen (secondary N) is 1. The minimum absolute atomic E-state index is 0.732. The first-order valence-corrected chi connectivity index (χ1v) is 6.26. The molecule has 2 aromatic rings. The second kappa shape index (κ2) is 5.62. The first kappa shape index (κ1) is 12.5. The summed E-state index contributed by atoms with van der Waals surface area (Å²) >= 11 is 0. The SMILES string of the molecule is CCCNc1cc(Cn2nc(C)nc2C)ccn1. The molecule has 0 aliphatic heterocycles. The number of rotatable bonds is 5. The average molecular weight is 245 g/mol. The van der Waals surface area contributed by atoms with Crippen LogP contribution in [-0.2, 0) is 6.54 Å². The van der Waals surface area contributed by atoms with E-state index in [4.69, 9.17) is 0 Å². The predicted octanol–water partition coefficient (Wildman–Crippen LogP) is 2.16. The molecule has 0 aliphatic carbocycles. The zero-order valence-corrected chi connectivity index (χ0v) is 11.1. The standard InChI is InChI=1S/C13H19N5/c1-4-6-14-13-8-12(5-7-15-13)9-18-11(3)16-10(2)17-18/h5,7-8H,4,6,9H2,1-3H3,(H,14,15). The lowest BCUT2D eigenvalue weighted by Gasteiger charge is -2.07. The Bertz CT molecular complexity index is 518. The topological polar surface area (TPSA) is 55.6 Å². The van der Waals surface area contributed by atoms with Crippen molar-refractivity contribution in [3.63, 3.8) is 0 Å². The maximum absolute atomic E-state index is 4.36. The van der Waals surface area contributed by atoms with Crippen LogP contribution < -0.4 is 5.32 Å².